The molecule has 1 aliphatic rings. The zero-order chi connectivity index (χ0) is 19.7. The van der Waals surface area contributed by atoms with Gasteiger partial charge in [0.2, 0.25) is 0 Å². The second kappa shape index (κ2) is 7.34. The van der Waals surface area contributed by atoms with Gasteiger partial charge in [0.15, 0.2) is 0 Å². The predicted molar refractivity (Wildman–Crippen MR) is 111 cm³/mol. The molecule has 2 amide bonds. The van der Waals surface area contributed by atoms with Gasteiger partial charge >= 0.3 is 6.03 Å². The third-order valence-electron chi connectivity index (χ3n) is 6.02. The smallest absolute Gasteiger partial charge is 0.317 e. The molecule has 0 unspecified atom stereocenters. The molecule has 0 radical (unpaired) electrons. The molecule has 2 heterocycles. The van der Waals surface area contributed by atoms with Crippen molar-refractivity contribution in [2.24, 2.45) is 5.41 Å². The topological polar surface area (TPSA) is 55.1 Å². The van der Waals surface area contributed by atoms with Crippen LogP contribution in [-0.4, -0.2) is 45.2 Å². The molecule has 1 aromatic carbocycles. The second-order valence-corrected chi connectivity index (χ2v) is 8.18. The SMILES string of the molecule is Cc1nccn1CC1(CNC(=O)N(C)CCn2c(C)cc3ccccc32)CC1. The number of carbonyl (C=O) groups is 1. The van der Waals surface area contributed by atoms with Gasteiger partial charge in [0.1, 0.15) is 5.82 Å². The summed E-state index contributed by atoms with van der Waals surface area (Å²) in [5.41, 5.74) is 2.64. The summed E-state index contributed by atoms with van der Waals surface area (Å²) < 4.78 is 4.46. The number of hydrogen-bond donors (Lipinski definition) is 1. The van der Waals surface area contributed by atoms with Crippen LogP contribution in [0.5, 0.6) is 0 Å². The largest absolute Gasteiger partial charge is 0.343 e. The minimum Gasteiger partial charge on any atom is -0.343 e. The van der Waals surface area contributed by atoms with Crippen LogP contribution in [-0.2, 0) is 13.1 Å². The van der Waals surface area contributed by atoms with Gasteiger partial charge in [-0.15, -0.1) is 0 Å². The lowest BCUT2D eigenvalue weighted by atomic mass is 10.1. The van der Waals surface area contributed by atoms with Crippen LogP contribution in [0.15, 0.2) is 42.7 Å². The number of urea groups is 1. The van der Waals surface area contributed by atoms with E-state index in [9.17, 15) is 4.79 Å². The van der Waals surface area contributed by atoms with Gasteiger partial charge in [0, 0.05) is 62.2 Å². The molecule has 1 saturated carbocycles. The molecule has 0 bridgehead atoms. The minimum atomic E-state index is 0.00254. The fourth-order valence-corrected chi connectivity index (χ4v) is 3.89. The summed E-state index contributed by atoms with van der Waals surface area (Å²) in [6.07, 6.45) is 6.17. The third-order valence-corrected chi connectivity index (χ3v) is 6.02. The average molecular weight is 380 g/mol. The quantitative estimate of drug-likeness (QED) is 0.682. The maximum absolute atomic E-state index is 12.6. The van der Waals surface area contributed by atoms with Gasteiger partial charge < -0.3 is 19.4 Å². The van der Waals surface area contributed by atoms with Crippen LogP contribution in [0.2, 0.25) is 0 Å². The lowest BCUT2D eigenvalue weighted by Crippen LogP contribution is -2.42. The summed E-state index contributed by atoms with van der Waals surface area (Å²) in [5, 5.41) is 4.39. The van der Waals surface area contributed by atoms with Crippen molar-refractivity contribution in [3.05, 3.63) is 54.2 Å². The first-order chi connectivity index (χ1) is 13.5. The molecule has 1 N–H and O–H groups in total. The van der Waals surface area contributed by atoms with E-state index < -0.39 is 0 Å². The Labute approximate surface area is 166 Å². The minimum absolute atomic E-state index is 0.00254. The van der Waals surface area contributed by atoms with Crippen molar-refractivity contribution in [3.8, 4) is 0 Å². The highest BCUT2D eigenvalue weighted by molar-refractivity contribution is 5.81. The molecule has 6 heteroatoms. The molecular weight excluding hydrogens is 350 g/mol. The van der Waals surface area contributed by atoms with Gasteiger partial charge in [-0.1, -0.05) is 18.2 Å². The number of benzene rings is 1. The highest BCUT2D eigenvalue weighted by Gasteiger charge is 2.43. The fourth-order valence-electron chi connectivity index (χ4n) is 3.89. The van der Waals surface area contributed by atoms with Crippen molar-refractivity contribution in [1.29, 1.82) is 0 Å². The Morgan fingerprint density at radius 1 is 1.29 bits per heavy atom. The number of likely N-dealkylation sites (N-methyl/N-ethyl adjacent to an activating group) is 1. The summed E-state index contributed by atoms with van der Waals surface area (Å²) in [4.78, 5) is 18.7. The van der Waals surface area contributed by atoms with Gasteiger partial charge in [-0.2, -0.15) is 0 Å². The van der Waals surface area contributed by atoms with Crippen LogP contribution in [0, 0.1) is 19.3 Å². The van der Waals surface area contributed by atoms with Crippen molar-refractivity contribution >= 4 is 16.9 Å². The van der Waals surface area contributed by atoms with E-state index in [1.807, 2.05) is 26.4 Å². The zero-order valence-electron chi connectivity index (χ0n) is 17.0. The van der Waals surface area contributed by atoms with E-state index >= 15 is 0 Å². The predicted octanol–water partition coefficient (Wildman–Crippen LogP) is 3.58. The number of aromatic nitrogens is 3. The molecule has 6 nitrogen and oxygen atoms in total. The number of imidazole rings is 1. The maximum atomic E-state index is 12.6. The summed E-state index contributed by atoms with van der Waals surface area (Å²) in [6.45, 7) is 7.27. The number of para-hydroxylation sites is 1. The van der Waals surface area contributed by atoms with Gasteiger partial charge in [0.05, 0.1) is 0 Å². The molecule has 28 heavy (non-hydrogen) atoms. The molecule has 0 atom stereocenters. The first-order valence-corrected chi connectivity index (χ1v) is 9.99. The summed E-state index contributed by atoms with van der Waals surface area (Å²) in [5.74, 6) is 1.03. The molecule has 0 spiro atoms. The number of aryl methyl sites for hydroxylation is 2. The summed E-state index contributed by atoms with van der Waals surface area (Å²) in [6, 6.07) is 10.6. The van der Waals surface area contributed by atoms with Crippen molar-refractivity contribution in [1.82, 2.24) is 24.3 Å². The van der Waals surface area contributed by atoms with Gasteiger partial charge in [-0.3, -0.25) is 0 Å². The standard InChI is InChI=1S/C22H29N5O/c1-17-14-19-6-4-5-7-20(19)27(17)13-12-25(3)21(28)24-15-22(8-9-22)16-26-11-10-23-18(26)2/h4-7,10-11,14H,8-9,12-13,15-16H2,1-3H3,(H,24,28). The number of amides is 2. The first kappa shape index (κ1) is 18.6. The van der Waals surface area contributed by atoms with Crippen LogP contribution in [0.1, 0.15) is 24.4 Å². The Hall–Kier alpha value is -2.76. The number of nitrogens with zero attached hydrogens (tertiary/aromatic N) is 4. The van der Waals surface area contributed by atoms with E-state index in [1.54, 1.807) is 4.90 Å². The van der Waals surface area contributed by atoms with Crippen LogP contribution < -0.4 is 5.32 Å². The third kappa shape index (κ3) is 3.77. The van der Waals surface area contributed by atoms with E-state index in [0.717, 1.165) is 38.3 Å². The Balaban J connectivity index is 1.30. The number of nitrogens with one attached hydrogen (secondary N) is 1. The van der Waals surface area contributed by atoms with Crippen molar-refractivity contribution in [2.75, 3.05) is 20.1 Å². The molecule has 3 aromatic rings. The molecule has 0 saturated heterocycles. The highest BCUT2D eigenvalue weighted by atomic mass is 16.2. The van der Waals surface area contributed by atoms with E-state index in [1.165, 1.54) is 16.6 Å². The van der Waals surface area contributed by atoms with Crippen molar-refractivity contribution in [2.45, 2.75) is 39.8 Å². The molecule has 1 fully saturated rings. The fraction of sp³-hybridized carbons (Fsp3) is 0.455. The van der Waals surface area contributed by atoms with E-state index in [4.69, 9.17) is 0 Å². The molecule has 2 aromatic heterocycles. The number of carbonyl (C=O) groups excluding carboxylic acids is 1. The second-order valence-electron chi connectivity index (χ2n) is 8.18. The Kier molecular flexibility index (Phi) is 4.87. The van der Waals surface area contributed by atoms with E-state index in [0.29, 0.717) is 6.54 Å². The monoisotopic (exact) mass is 379 g/mol. The number of rotatable bonds is 7. The molecule has 0 aliphatic heterocycles. The maximum Gasteiger partial charge on any atom is 0.317 e. The molecule has 1 aliphatic carbocycles. The molecular formula is C22H29N5O. The van der Waals surface area contributed by atoms with Gasteiger partial charge in [-0.25, -0.2) is 9.78 Å². The Morgan fingerprint density at radius 3 is 2.79 bits per heavy atom. The van der Waals surface area contributed by atoms with E-state index in [-0.39, 0.29) is 11.4 Å². The highest BCUT2D eigenvalue weighted by Crippen LogP contribution is 2.46. The Bertz CT molecular complexity index is 982. The van der Waals surface area contributed by atoms with Crippen molar-refractivity contribution in [3.63, 3.8) is 0 Å². The van der Waals surface area contributed by atoms with Crippen LogP contribution >= 0.6 is 0 Å². The molecule has 4 rings (SSSR count). The summed E-state index contributed by atoms with van der Waals surface area (Å²) >= 11 is 0. The Morgan fingerprint density at radius 2 is 2.07 bits per heavy atom. The number of fused-ring (bicyclic) bond motifs is 1. The van der Waals surface area contributed by atoms with Gasteiger partial charge in [0.25, 0.3) is 0 Å². The van der Waals surface area contributed by atoms with Crippen LogP contribution in [0.3, 0.4) is 0 Å². The zero-order valence-corrected chi connectivity index (χ0v) is 17.0. The number of hydrogen-bond acceptors (Lipinski definition) is 2. The lowest BCUT2D eigenvalue weighted by Gasteiger charge is -2.22. The van der Waals surface area contributed by atoms with Crippen molar-refractivity contribution < 1.29 is 4.79 Å². The summed E-state index contributed by atoms with van der Waals surface area (Å²) in [7, 11) is 1.87. The van der Waals surface area contributed by atoms with E-state index in [2.05, 4.69) is 56.7 Å². The molecule has 148 valence electrons. The lowest BCUT2D eigenvalue weighted by molar-refractivity contribution is 0.203. The van der Waals surface area contributed by atoms with Gasteiger partial charge in [-0.05, 0) is 44.2 Å². The average Bonchev–Trinajstić information content (AvgIpc) is 3.22. The first-order valence-electron chi connectivity index (χ1n) is 9.99. The normalized spacial score (nSPS) is 15.0. The van der Waals surface area contributed by atoms with Crippen LogP contribution in [0.25, 0.3) is 10.9 Å². The van der Waals surface area contributed by atoms with Crippen LogP contribution in [0.4, 0.5) is 4.79 Å².